The fraction of sp³-hybridized carbons (Fsp3) is 0.294. The van der Waals surface area contributed by atoms with E-state index in [0.29, 0.717) is 11.8 Å². The minimum atomic E-state index is -0.399. The van der Waals surface area contributed by atoms with Crippen molar-refractivity contribution in [2.45, 2.75) is 18.3 Å². The summed E-state index contributed by atoms with van der Waals surface area (Å²) in [4.78, 5) is 29.5. The summed E-state index contributed by atoms with van der Waals surface area (Å²) in [6.45, 7) is 0. The summed E-state index contributed by atoms with van der Waals surface area (Å²) < 4.78 is 0. The van der Waals surface area contributed by atoms with Crippen molar-refractivity contribution in [2.24, 2.45) is 11.8 Å². The van der Waals surface area contributed by atoms with Gasteiger partial charge in [-0.2, -0.15) is 0 Å². The summed E-state index contributed by atoms with van der Waals surface area (Å²) in [7, 11) is 0. The van der Waals surface area contributed by atoms with Gasteiger partial charge < -0.3 is 4.98 Å². The molecule has 104 valence electrons. The molecule has 2 aromatic rings. The topological polar surface area (TPSA) is 65.7 Å². The predicted molar refractivity (Wildman–Crippen MR) is 78.5 cm³/mol. The number of aromatic amines is 2. The molecule has 6 rings (SSSR count). The number of hydrogen-bond donors (Lipinski definition) is 2. The van der Waals surface area contributed by atoms with Crippen molar-refractivity contribution in [1.82, 2.24) is 9.97 Å². The second-order valence-electron chi connectivity index (χ2n) is 6.27. The van der Waals surface area contributed by atoms with Crippen LogP contribution in [-0.4, -0.2) is 9.97 Å². The van der Waals surface area contributed by atoms with E-state index in [0.717, 1.165) is 17.7 Å². The Morgan fingerprint density at radius 3 is 2.33 bits per heavy atom. The molecule has 4 aliphatic rings. The van der Waals surface area contributed by atoms with Gasteiger partial charge in [-0.1, -0.05) is 36.4 Å². The summed E-state index contributed by atoms with van der Waals surface area (Å²) in [5, 5.41) is 0. The van der Waals surface area contributed by atoms with Crippen molar-refractivity contribution in [3.05, 3.63) is 79.6 Å². The van der Waals surface area contributed by atoms with E-state index in [9.17, 15) is 9.59 Å². The maximum Gasteiger partial charge on any atom is 0.325 e. The molecule has 4 nitrogen and oxygen atoms in total. The number of allylic oxidation sites excluding steroid dienone is 2. The van der Waals surface area contributed by atoms with Gasteiger partial charge in [0.1, 0.15) is 0 Å². The third-order valence-electron chi connectivity index (χ3n) is 5.30. The van der Waals surface area contributed by atoms with Gasteiger partial charge in [0.15, 0.2) is 0 Å². The zero-order valence-electron chi connectivity index (χ0n) is 11.3. The quantitative estimate of drug-likeness (QED) is 0.722. The van der Waals surface area contributed by atoms with E-state index >= 15 is 0 Å². The lowest BCUT2D eigenvalue weighted by atomic mass is 9.71. The van der Waals surface area contributed by atoms with Gasteiger partial charge in [-0.05, 0) is 29.4 Å². The van der Waals surface area contributed by atoms with Gasteiger partial charge >= 0.3 is 5.69 Å². The van der Waals surface area contributed by atoms with Crippen LogP contribution in [0.15, 0.2) is 46.0 Å². The van der Waals surface area contributed by atoms with Gasteiger partial charge in [0, 0.05) is 23.1 Å². The highest BCUT2D eigenvalue weighted by molar-refractivity contribution is 5.54. The molecule has 0 spiro atoms. The predicted octanol–water partition coefficient (Wildman–Crippen LogP) is 1.85. The highest BCUT2D eigenvalue weighted by Crippen LogP contribution is 2.56. The summed E-state index contributed by atoms with van der Waals surface area (Å²) in [6.07, 6.45) is 5.58. The molecule has 1 aromatic heterocycles. The zero-order valence-corrected chi connectivity index (χ0v) is 11.3. The number of H-pyrrole nitrogens is 2. The summed E-state index contributed by atoms with van der Waals surface area (Å²) >= 11 is 0. The van der Waals surface area contributed by atoms with Crippen LogP contribution in [0.4, 0.5) is 0 Å². The Labute approximate surface area is 120 Å². The number of aromatic nitrogens is 2. The van der Waals surface area contributed by atoms with Crippen molar-refractivity contribution in [1.29, 1.82) is 0 Å². The lowest BCUT2D eigenvalue weighted by molar-refractivity contribution is 0.503. The van der Waals surface area contributed by atoms with E-state index in [1.165, 1.54) is 11.1 Å². The molecule has 2 N–H and O–H groups in total. The van der Waals surface area contributed by atoms with Crippen LogP contribution < -0.4 is 11.2 Å². The Hall–Kier alpha value is -2.36. The molecule has 4 bridgehead atoms. The van der Waals surface area contributed by atoms with Crippen LogP contribution >= 0.6 is 0 Å². The van der Waals surface area contributed by atoms with Gasteiger partial charge in [0.05, 0.1) is 0 Å². The van der Waals surface area contributed by atoms with Crippen molar-refractivity contribution < 1.29 is 0 Å². The van der Waals surface area contributed by atoms with E-state index in [4.69, 9.17) is 0 Å². The first kappa shape index (κ1) is 11.3. The molecule has 0 fully saturated rings. The summed E-state index contributed by atoms with van der Waals surface area (Å²) in [5.41, 5.74) is 3.51. The second-order valence-corrected chi connectivity index (χ2v) is 6.27. The highest BCUT2D eigenvalue weighted by Gasteiger charge is 2.47. The third-order valence-corrected chi connectivity index (χ3v) is 5.30. The molecule has 0 amide bonds. The summed E-state index contributed by atoms with van der Waals surface area (Å²) in [6, 6.07) is 8.36. The minimum Gasteiger partial charge on any atom is -0.310 e. The van der Waals surface area contributed by atoms with Crippen molar-refractivity contribution in [3.8, 4) is 0 Å². The average molecular weight is 278 g/mol. The van der Waals surface area contributed by atoms with Crippen molar-refractivity contribution in [3.63, 3.8) is 0 Å². The fourth-order valence-corrected chi connectivity index (χ4v) is 4.60. The zero-order chi connectivity index (χ0) is 14.1. The smallest absolute Gasteiger partial charge is 0.310 e. The number of hydrogen-bond acceptors (Lipinski definition) is 2. The molecular weight excluding hydrogens is 264 g/mol. The molecule has 0 saturated heterocycles. The van der Waals surface area contributed by atoms with Crippen LogP contribution in [0.1, 0.15) is 40.6 Å². The van der Waals surface area contributed by atoms with Gasteiger partial charge in [-0.15, -0.1) is 0 Å². The number of nitrogens with one attached hydrogen (secondary N) is 2. The van der Waals surface area contributed by atoms with E-state index < -0.39 is 5.69 Å². The molecule has 0 radical (unpaired) electrons. The van der Waals surface area contributed by atoms with Gasteiger partial charge in [-0.3, -0.25) is 9.78 Å². The van der Waals surface area contributed by atoms with E-state index in [1.54, 1.807) is 0 Å². The van der Waals surface area contributed by atoms with Gasteiger partial charge in [0.2, 0.25) is 0 Å². The molecule has 0 unspecified atom stereocenters. The molecule has 0 saturated carbocycles. The van der Waals surface area contributed by atoms with Crippen LogP contribution in [-0.2, 0) is 0 Å². The first-order chi connectivity index (χ1) is 10.2. The molecular formula is C17H14N2O2. The first-order valence-corrected chi connectivity index (χ1v) is 7.37. The molecule has 4 atom stereocenters. The van der Waals surface area contributed by atoms with Gasteiger partial charge in [-0.25, -0.2) is 4.79 Å². The third kappa shape index (κ3) is 1.30. The lowest BCUT2D eigenvalue weighted by Crippen LogP contribution is -2.35. The SMILES string of the molecule is O=c1[nH]c2c(c(=O)[nH]1)[C@H]1c3ccccc3[C@@H]2[C@H]2C=C[C@@H]1C2. The Bertz CT molecular complexity index is 905. The number of rotatable bonds is 0. The Kier molecular flexibility index (Phi) is 1.96. The van der Waals surface area contributed by atoms with E-state index in [-0.39, 0.29) is 17.4 Å². The highest BCUT2D eigenvalue weighted by atomic mass is 16.2. The fourth-order valence-electron chi connectivity index (χ4n) is 4.60. The Morgan fingerprint density at radius 2 is 1.57 bits per heavy atom. The summed E-state index contributed by atoms with van der Waals surface area (Å²) in [5.74, 6) is 0.900. The monoisotopic (exact) mass is 278 g/mol. The maximum absolute atomic E-state index is 12.4. The van der Waals surface area contributed by atoms with E-state index in [2.05, 4.69) is 34.3 Å². The van der Waals surface area contributed by atoms with Crippen molar-refractivity contribution in [2.75, 3.05) is 0 Å². The largest absolute Gasteiger partial charge is 0.325 e. The Balaban J connectivity index is 1.95. The molecule has 4 heteroatoms. The molecule has 4 aliphatic carbocycles. The maximum atomic E-state index is 12.4. The molecule has 0 aliphatic heterocycles. The van der Waals surface area contributed by atoms with Crippen LogP contribution in [0, 0.1) is 11.8 Å². The van der Waals surface area contributed by atoms with Gasteiger partial charge in [0.25, 0.3) is 5.56 Å². The molecule has 1 aromatic carbocycles. The van der Waals surface area contributed by atoms with Crippen LogP contribution in [0.3, 0.4) is 0 Å². The van der Waals surface area contributed by atoms with Crippen LogP contribution in [0.25, 0.3) is 0 Å². The molecule has 1 heterocycles. The Morgan fingerprint density at radius 1 is 0.905 bits per heavy atom. The minimum absolute atomic E-state index is 0.0665. The number of benzene rings is 1. The van der Waals surface area contributed by atoms with Crippen LogP contribution in [0.5, 0.6) is 0 Å². The van der Waals surface area contributed by atoms with Crippen LogP contribution in [0.2, 0.25) is 0 Å². The first-order valence-electron chi connectivity index (χ1n) is 7.37. The normalized spacial score (nSPS) is 30.9. The van der Waals surface area contributed by atoms with E-state index in [1.807, 2.05) is 12.1 Å². The lowest BCUT2D eigenvalue weighted by Gasteiger charge is -2.33. The van der Waals surface area contributed by atoms with Crippen molar-refractivity contribution >= 4 is 0 Å². The standard InChI is InChI=1S/C17H14N2O2/c20-16-14-12-8-5-6-9(7-8)13(15(14)18-17(21)19-16)11-4-2-1-3-10(11)12/h1-6,8-9,12-13H,7H2,(H2,18,19,20,21)/t8-,9+,12-,13+/m1/s1. The molecule has 21 heavy (non-hydrogen) atoms. The average Bonchev–Trinajstić information content (AvgIpc) is 2.82. The second kappa shape index (κ2) is 3.64.